The number of hydrogen-bond acceptors (Lipinski definition) is 3. The number of carbonyl (C=O) groups excluding carboxylic acids is 1. The van der Waals surface area contributed by atoms with Crippen molar-refractivity contribution in [2.24, 2.45) is 5.92 Å². The van der Waals surface area contributed by atoms with Crippen molar-refractivity contribution in [1.29, 1.82) is 0 Å². The molecule has 0 radical (unpaired) electrons. The van der Waals surface area contributed by atoms with Crippen LogP contribution in [0.25, 0.3) is 0 Å². The Morgan fingerprint density at radius 2 is 1.88 bits per heavy atom. The average molecular weight is 256 g/mol. The van der Waals surface area contributed by atoms with Crippen LogP contribution >= 0.6 is 11.6 Å². The summed E-state index contributed by atoms with van der Waals surface area (Å²) in [7, 11) is 3.08. The van der Waals surface area contributed by atoms with Crippen LogP contribution < -0.4 is 14.8 Å². The second kappa shape index (κ2) is 4.84. The molecule has 1 aromatic rings. The van der Waals surface area contributed by atoms with Gasteiger partial charge in [0.25, 0.3) is 0 Å². The number of amides is 1. The number of nitrogens with one attached hydrogen (secondary N) is 1. The van der Waals surface area contributed by atoms with Crippen LogP contribution in [0, 0.1) is 5.92 Å². The van der Waals surface area contributed by atoms with Gasteiger partial charge in [0.05, 0.1) is 24.9 Å². The van der Waals surface area contributed by atoms with Gasteiger partial charge < -0.3 is 14.8 Å². The summed E-state index contributed by atoms with van der Waals surface area (Å²) in [6, 6.07) is 3.30. The third-order valence-electron chi connectivity index (χ3n) is 2.68. The molecule has 1 N–H and O–H groups in total. The molecule has 5 heteroatoms. The van der Waals surface area contributed by atoms with Crippen molar-refractivity contribution in [3.63, 3.8) is 0 Å². The van der Waals surface area contributed by atoms with E-state index in [0.717, 1.165) is 12.8 Å². The van der Waals surface area contributed by atoms with Crippen LogP contribution in [-0.4, -0.2) is 20.1 Å². The smallest absolute Gasteiger partial charge is 0.227 e. The van der Waals surface area contributed by atoms with Gasteiger partial charge in [-0.2, -0.15) is 0 Å². The molecule has 0 bridgehead atoms. The Morgan fingerprint density at radius 3 is 2.41 bits per heavy atom. The Bertz CT molecular complexity index is 444. The lowest BCUT2D eigenvalue weighted by Gasteiger charge is -2.12. The second-order valence-corrected chi connectivity index (χ2v) is 4.36. The van der Waals surface area contributed by atoms with Gasteiger partial charge >= 0.3 is 0 Å². The molecule has 4 nitrogen and oxygen atoms in total. The van der Waals surface area contributed by atoms with E-state index in [1.165, 1.54) is 14.2 Å². The van der Waals surface area contributed by atoms with Crippen molar-refractivity contribution in [2.75, 3.05) is 19.5 Å². The molecule has 1 aromatic carbocycles. The number of halogens is 1. The molecule has 1 amide bonds. The predicted molar refractivity (Wildman–Crippen MR) is 65.9 cm³/mol. The molecule has 0 heterocycles. The lowest BCUT2D eigenvalue weighted by molar-refractivity contribution is -0.117. The highest BCUT2D eigenvalue weighted by atomic mass is 35.5. The van der Waals surface area contributed by atoms with E-state index >= 15 is 0 Å². The number of rotatable bonds is 4. The van der Waals surface area contributed by atoms with E-state index in [2.05, 4.69) is 5.32 Å². The molecule has 1 aliphatic carbocycles. The van der Waals surface area contributed by atoms with Gasteiger partial charge in [0, 0.05) is 18.1 Å². The van der Waals surface area contributed by atoms with Crippen molar-refractivity contribution in [3.8, 4) is 11.5 Å². The highest BCUT2D eigenvalue weighted by molar-refractivity contribution is 6.34. The van der Waals surface area contributed by atoms with E-state index in [-0.39, 0.29) is 11.8 Å². The first-order valence-electron chi connectivity index (χ1n) is 5.38. The van der Waals surface area contributed by atoms with Crippen molar-refractivity contribution in [3.05, 3.63) is 17.2 Å². The average Bonchev–Trinajstić information content (AvgIpc) is 3.15. The quantitative estimate of drug-likeness (QED) is 0.900. The summed E-state index contributed by atoms with van der Waals surface area (Å²) in [5.41, 5.74) is 0.557. The van der Waals surface area contributed by atoms with E-state index in [9.17, 15) is 4.79 Å². The zero-order chi connectivity index (χ0) is 12.4. The van der Waals surface area contributed by atoms with Crippen LogP contribution in [0.2, 0.25) is 5.02 Å². The fraction of sp³-hybridized carbons (Fsp3) is 0.417. The van der Waals surface area contributed by atoms with E-state index < -0.39 is 0 Å². The predicted octanol–water partition coefficient (Wildman–Crippen LogP) is 2.71. The summed E-state index contributed by atoms with van der Waals surface area (Å²) in [6.07, 6.45) is 1.91. The third kappa shape index (κ3) is 2.64. The third-order valence-corrected chi connectivity index (χ3v) is 2.99. The van der Waals surface area contributed by atoms with E-state index in [4.69, 9.17) is 21.1 Å². The zero-order valence-corrected chi connectivity index (χ0v) is 10.5. The molecule has 1 fully saturated rings. The minimum absolute atomic E-state index is 0.0131. The molecule has 92 valence electrons. The first-order valence-corrected chi connectivity index (χ1v) is 5.76. The van der Waals surface area contributed by atoms with Gasteiger partial charge in [-0.1, -0.05) is 11.6 Å². The summed E-state index contributed by atoms with van der Waals surface area (Å²) >= 11 is 6.06. The fourth-order valence-electron chi connectivity index (χ4n) is 1.53. The maximum absolute atomic E-state index is 11.6. The Labute approximate surface area is 105 Å². The number of methoxy groups -OCH3 is 2. The molecule has 0 unspecified atom stereocenters. The molecule has 1 aliphatic rings. The van der Waals surface area contributed by atoms with Gasteiger partial charge in [0.1, 0.15) is 0 Å². The highest BCUT2D eigenvalue weighted by Crippen LogP contribution is 2.37. The van der Waals surface area contributed by atoms with E-state index in [0.29, 0.717) is 22.2 Å². The monoisotopic (exact) mass is 255 g/mol. The second-order valence-electron chi connectivity index (χ2n) is 3.95. The highest BCUT2D eigenvalue weighted by Gasteiger charge is 2.30. The summed E-state index contributed by atoms with van der Waals surface area (Å²) in [5, 5.41) is 3.23. The summed E-state index contributed by atoms with van der Waals surface area (Å²) in [6.45, 7) is 0. The Balaban J connectivity index is 2.23. The number of ether oxygens (including phenoxy) is 2. The Hall–Kier alpha value is -1.42. The molecule has 0 aromatic heterocycles. The number of hydrogen-bond donors (Lipinski definition) is 1. The van der Waals surface area contributed by atoms with Gasteiger partial charge in [0.2, 0.25) is 5.91 Å². The number of benzene rings is 1. The first-order chi connectivity index (χ1) is 8.15. The van der Waals surface area contributed by atoms with Crippen LogP contribution in [0.15, 0.2) is 12.1 Å². The molecular weight excluding hydrogens is 242 g/mol. The minimum Gasteiger partial charge on any atom is -0.493 e. The molecule has 0 aliphatic heterocycles. The van der Waals surface area contributed by atoms with Gasteiger partial charge in [-0.05, 0) is 12.8 Å². The zero-order valence-electron chi connectivity index (χ0n) is 9.75. The van der Waals surface area contributed by atoms with Crippen LogP contribution in [0.3, 0.4) is 0 Å². The Kier molecular flexibility index (Phi) is 3.43. The number of anilines is 1. The molecule has 0 atom stereocenters. The van der Waals surface area contributed by atoms with Crippen molar-refractivity contribution < 1.29 is 14.3 Å². The normalized spacial score (nSPS) is 14.3. The maximum Gasteiger partial charge on any atom is 0.227 e. The fourth-order valence-corrected chi connectivity index (χ4v) is 1.73. The van der Waals surface area contributed by atoms with Crippen molar-refractivity contribution in [2.45, 2.75) is 12.8 Å². The van der Waals surface area contributed by atoms with Crippen molar-refractivity contribution in [1.82, 2.24) is 0 Å². The summed E-state index contributed by atoms with van der Waals surface area (Å²) < 4.78 is 10.3. The lowest BCUT2D eigenvalue weighted by atomic mass is 10.2. The maximum atomic E-state index is 11.6. The molecular formula is C12H14ClNO3. The SMILES string of the molecule is COc1cc(Cl)c(NC(=O)C2CC2)cc1OC. The molecule has 2 rings (SSSR count). The van der Waals surface area contributed by atoms with E-state index in [1.807, 2.05) is 0 Å². The van der Waals surface area contributed by atoms with Crippen LogP contribution in [-0.2, 0) is 4.79 Å². The largest absolute Gasteiger partial charge is 0.493 e. The van der Waals surface area contributed by atoms with Gasteiger partial charge in [0.15, 0.2) is 11.5 Å². The summed E-state index contributed by atoms with van der Waals surface area (Å²) in [4.78, 5) is 11.6. The van der Waals surface area contributed by atoms with Crippen LogP contribution in [0.5, 0.6) is 11.5 Å². The molecule has 0 saturated heterocycles. The standard InChI is InChI=1S/C12H14ClNO3/c1-16-10-5-8(13)9(6-11(10)17-2)14-12(15)7-3-4-7/h5-7H,3-4H2,1-2H3,(H,14,15). The molecule has 17 heavy (non-hydrogen) atoms. The van der Waals surface area contributed by atoms with Crippen molar-refractivity contribution >= 4 is 23.2 Å². The van der Waals surface area contributed by atoms with Gasteiger partial charge in [-0.25, -0.2) is 0 Å². The Morgan fingerprint density at radius 1 is 1.29 bits per heavy atom. The molecule has 0 spiro atoms. The first kappa shape index (κ1) is 12.0. The van der Waals surface area contributed by atoms with Crippen LogP contribution in [0.1, 0.15) is 12.8 Å². The minimum atomic E-state index is 0.0131. The lowest BCUT2D eigenvalue weighted by Crippen LogP contribution is -2.13. The van der Waals surface area contributed by atoms with Gasteiger partial charge in [-0.3, -0.25) is 4.79 Å². The van der Waals surface area contributed by atoms with Gasteiger partial charge in [-0.15, -0.1) is 0 Å². The number of carbonyl (C=O) groups is 1. The topological polar surface area (TPSA) is 47.6 Å². The summed E-state index contributed by atoms with van der Waals surface area (Å²) in [5.74, 6) is 1.24. The molecule has 1 saturated carbocycles. The van der Waals surface area contributed by atoms with Crippen LogP contribution in [0.4, 0.5) is 5.69 Å². The van der Waals surface area contributed by atoms with E-state index in [1.54, 1.807) is 12.1 Å².